The van der Waals surface area contributed by atoms with Gasteiger partial charge in [0.25, 0.3) is 5.91 Å². The summed E-state index contributed by atoms with van der Waals surface area (Å²) in [6, 6.07) is 5.53. The molecule has 0 radical (unpaired) electrons. The van der Waals surface area contributed by atoms with E-state index < -0.39 is 11.9 Å². The van der Waals surface area contributed by atoms with Gasteiger partial charge in [0.05, 0.1) is 6.10 Å². The van der Waals surface area contributed by atoms with Gasteiger partial charge in [-0.1, -0.05) is 26.8 Å². The fourth-order valence-corrected chi connectivity index (χ4v) is 1.49. The van der Waals surface area contributed by atoms with Crippen molar-refractivity contribution >= 4 is 5.91 Å². The Hall–Kier alpha value is -1.42. The summed E-state index contributed by atoms with van der Waals surface area (Å²) in [5, 5.41) is 12.5. The Morgan fingerprint density at radius 3 is 2.67 bits per heavy atom. The zero-order chi connectivity index (χ0) is 13.8. The van der Waals surface area contributed by atoms with Gasteiger partial charge in [0.1, 0.15) is 5.82 Å². The second-order valence-corrected chi connectivity index (χ2v) is 5.44. The highest BCUT2D eigenvalue weighted by Gasteiger charge is 2.21. The van der Waals surface area contributed by atoms with Gasteiger partial charge in [-0.05, 0) is 30.0 Å². The third-order valence-corrected chi connectivity index (χ3v) is 2.79. The van der Waals surface area contributed by atoms with Crippen LogP contribution in [0.15, 0.2) is 24.3 Å². The van der Waals surface area contributed by atoms with E-state index in [2.05, 4.69) is 5.32 Å². The van der Waals surface area contributed by atoms with Crippen molar-refractivity contribution in [3.05, 3.63) is 35.6 Å². The van der Waals surface area contributed by atoms with Crippen LogP contribution in [0.1, 0.15) is 37.6 Å². The van der Waals surface area contributed by atoms with Gasteiger partial charge >= 0.3 is 0 Å². The second-order valence-electron chi connectivity index (χ2n) is 5.44. The Morgan fingerprint density at radius 1 is 1.44 bits per heavy atom. The number of aliphatic hydroxyl groups is 1. The first-order valence-corrected chi connectivity index (χ1v) is 6.02. The number of nitrogens with one attached hydrogen (secondary N) is 1. The number of hydrogen-bond donors (Lipinski definition) is 2. The Morgan fingerprint density at radius 2 is 2.11 bits per heavy atom. The van der Waals surface area contributed by atoms with Crippen molar-refractivity contribution in [2.75, 3.05) is 6.54 Å². The number of amides is 1. The molecule has 4 heteroatoms. The van der Waals surface area contributed by atoms with Crippen LogP contribution in [0.3, 0.4) is 0 Å². The van der Waals surface area contributed by atoms with Crippen LogP contribution in [-0.4, -0.2) is 23.7 Å². The molecule has 1 aromatic rings. The highest BCUT2D eigenvalue weighted by Crippen LogP contribution is 2.20. The lowest BCUT2D eigenvalue weighted by Gasteiger charge is -2.25. The van der Waals surface area contributed by atoms with Crippen LogP contribution in [0.4, 0.5) is 4.39 Å². The van der Waals surface area contributed by atoms with E-state index in [9.17, 15) is 14.3 Å². The molecule has 2 N–H and O–H groups in total. The van der Waals surface area contributed by atoms with Crippen LogP contribution in [0, 0.1) is 11.2 Å². The van der Waals surface area contributed by atoms with Crippen molar-refractivity contribution in [1.29, 1.82) is 0 Å². The lowest BCUT2D eigenvalue weighted by molar-refractivity contribution is 0.0551. The molecular formula is C14H20FNO2. The first kappa shape index (κ1) is 14.6. The molecule has 0 aromatic heterocycles. The fraction of sp³-hybridized carbons (Fsp3) is 0.500. The smallest absolute Gasteiger partial charge is 0.251 e. The van der Waals surface area contributed by atoms with Crippen molar-refractivity contribution in [3.63, 3.8) is 0 Å². The van der Waals surface area contributed by atoms with E-state index in [1.165, 1.54) is 18.2 Å². The Bertz CT molecular complexity index is 413. The maximum Gasteiger partial charge on any atom is 0.251 e. The number of carbonyl (C=O) groups excluding carboxylic acids is 1. The molecule has 0 fully saturated rings. The number of carbonyl (C=O) groups is 1. The molecule has 1 atom stereocenters. The first-order chi connectivity index (χ1) is 8.30. The molecule has 0 unspecified atom stereocenters. The van der Waals surface area contributed by atoms with Crippen LogP contribution in [-0.2, 0) is 0 Å². The normalized spacial score (nSPS) is 13.2. The Labute approximate surface area is 107 Å². The zero-order valence-electron chi connectivity index (χ0n) is 11.0. The van der Waals surface area contributed by atoms with Crippen molar-refractivity contribution < 1.29 is 14.3 Å². The van der Waals surface area contributed by atoms with E-state index in [0.717, 1.165) is 0 Å². The third kappa shape index (κ3) is 4.45. The van der Waals surface area contributed by atoms with Crippen molar-refractivity contribution in [3.8, 4) is 0 Å². The van der Waals surface area contributed by atoms with Gasteiger partial charge < -0.3 is 10.4 Å². The topological polar surface area (TPSA) is 49.3 Å². The molecule has 0 bridgehead atoms. The van der Waals surface area contributed by atoms with Crippen LogP contribution in [0.25, 0.3) is 0 Å². The predicted molar refractivity (Wildman–Crippen MR) is 68.8 cm³/mol. The van der Waals surface area contributed by atoms with Gasteiger partial charge in [-0.25, -0.2) is 4.39 Å². The summed E-state index contributed by atoms with van der Waals surface area (Å²) in [7, 11) is 0. The van der Waals surface area contributed by atoms with Gasteiger partial charge in [-0.15, -0.1) is 0 Å². The number of rotatable bonds is 4. The lowest BCUT2D eigenvalue weighted by Crippen LogP contribution is -2.32. The standard InChI is InChI=1S/C14H20FNO2/c1-14(2,3)12(17)7-8-16-13(18)10-5-4-6-11(15)9-10/h4-6,9,12,17H,7-8H2,1-3H3,(H,16,18)/t12-/m0/s1. The molecule has 0 aliphatic carbocycles. The van der Waals surface area contributed by atoms with Crippen molar-refractivity contribution in [1.82, 2.24) is 5.32 Å². The summed E-state index contributed by atoms with van der Waals surface area (Å²) >= 11 is 0. The molecule has 0 saturated carbocycles. The molecule has 18 heavy (non-hydrogen) atoms. The predicted octanol–water partition coefficient (Wildman–Crippen LogP) is 2.35. The van der Waals surface area contributed by atoms with Gasteiger partial charge in [-0.2, -0.15) is 0 Å². The highest BCUT2D eigenvalue weighted by molar-refractivity contribution is 5.94. The molecule has 1 amide bonds. The molecule has 0 heterocycles. The van der Waals surface area contributed by atoms with Gasteiger partial charge in [0.2, 0.25) is 0 Å². The van der Waals surface area contributed by atoms with Crippen LogP contribution < -0.4 is 5.32 Å². The number of aliphatic hydroxyl groups excluding tert-OH is 1. The van der Waals surface area contributed by atoms with Crippen LogP contribution in [0.2, 0.25) is 0 Å². The minimum absolute atomic E-state index is 0.205. The van der Waals surface area contributed by atoms with E-state index in [1.807, 2.05) is 20.8 Å². The highest BCUT2D eigenvalue weighted by atomic mass is 19.1. The molecule has 100 valence electrons. The maximum absolute atomic E-state index is 12.9. The SMILES string of the molecule is CC(C)(C)[C@@H](O)CCNC(=O)c1cccc(F)c1. The van der Waals surface area contributed by atoms with E-state index in [0.29, 0.717) is 18.5 Å². The summed E-state index contributed by atoms with van der Waals surface area (Å²) < 4.78 is 12.9. The summed E-state index contributed by atoms with van der Waals surface area (Å²) in [4.78, 5) is 11.7. The van der Waals surface area contributed by atoms with Gasteiger partial charge in [0, 0.05) is 12.1 Å². The Balaban J connectivity index is 2.43. The van der Waals surface area contributed by atoms with Crippen LogP contribution >= 0.6 is 0 Å². The number of benzene rings is 1. The average molecular weight is 253 g/mol. The summed E-state index contributed by atoms with van der Waals surface area (Å²) in [5.41, 5.74) is 0.0871. The van der Waals surface area contributed by atoms with Gasteiger partial charge in [0.15, 0.2) is 0 Å². The van der Waals surface area contributed by atoms with Crippen molar-refractivity contribution in [2.24, 2.45) is 5.41 Å². The molecule has 3 nitrogen and oxygen atoms in total. The van der Waals surface area contributed by atoms with E-state index >= 15 is 0 Å². The average Bonchev–Trinajstić information content (AvgIpc) is 2.27. The Kier molecular flexibility index (Phi) is 4.84. The van der Waals surface area contributed by atoms with E-state index in [-0.39, 0.29) is 11.3 Å². The monoisotopic (exact) mass is 253 g/mol. The molecule has 0 spiro atoms. The molecular weight excluding hydrogens is 233 g/mol. The summed E-state index contributed by atoms with van der Waals surface area (Å²) in [6.07, 6.45) is -0.00445. The van der Waals surface area contributed by atoms with Crippen LogP contribution in [0.5, 0.6) is 0 Å². The van der Waals surface area contributed by atoms with E-state index in [4.69, 9.17) is 0 Å². The minimum Gasteiger partial charge on any atom is -0.393 e. The maximum atomic E-state index is 12.9. The van der Waals surface area contributed by atoms with E-state index in [1.54, 1.807) is 6.07 Å². The molecule has 0 saturated heterocycles. The third-order valence-electron chi connectivity index (χ3n) is 2.79. The summed E-state index contributed by atoms with van der Waals surface area (Å²) in [5.74, 6) is -0.756. The van der Waals surface area contributed by atoms with Crippen molar-refractivity contribution in [2.45, 2.75) is 33.3 Å². The lowest BCUT2D eigenvalue weighted by atomic mass is 9.87. The number of hydrogen-bond acceptors (Lipinski definition) is 2. The number of halogens is 1. The minimum atomic E-state index is -0.481. The quantitative estimate of drug-likeness (QED) is 0.865. The first-order valence-electron chi connectivity index (χ1n) is 6.02. The van der Waals surface area contributed by atoms with Gasteiger partial charge in [-0.3, -0.25) is 4.79 Å². The zero-order valence-corrected chi connectivity index (χ0v) is 11.0. The molecule has 0 aliphatic rings. The molecule has 1 aromatic carbocycles. The molecule has 1 rings (SSSR count). The summed E-state index contributed by atoms with van der Waals surface area (Å²) in [6.45, 7) is 6.18. The fourth-order valence-electron chi connectivity index (χ4n) is 1.49. The second kappa shape index (κ2) is 5.96. The largest absolute Gasteiger partial charge is 0.393 e. The molecule has 0 aliphatic heterocycles.